The highest BCUT2D eigenvalue weighted by atomic mass is 32.1. The molecule has 1 aliphatic rings. The zero-order chi connectivity index (χ0) is 15.4. The lowest BCUT2D eigenvalue weighted by atomic mass is 10.0. The Labute approximate surface area is 132 Å². The Morgan fingerprint density at radius 3 is 2.77 bits per heavy atom. The molecule has 22 heavy (non-hydrogen) atoms. The Balaban J connectivity index is 1.60. The lowest BCUT2D eigenvalue weighted by Crippen LogP contribution is -2.33. The first-order valence-corrected chi connectivity index (χ1v) is 8.14. The number of urea groups is 1. The number of carbonyl (C=O) groups is 1. The average Bonchev–Trinajstić information content (AvgIpc) is 3.28. The van der Waals surface area contributed by atoms with Crippen LogP contribution in [0.4, 0.5) is 9.93 Å². The standard InChI is InChI=1S/C15H18N4O2S/c20-9-8-12(10-4-2-1-3-5-10)16-14(21)17-15-19-18-13(22-15)11-6-7-11/h1-5,11-12,20H,6-9H2,(H2,16,17,19,21)/t12-/m1/s1. The molecule has 1 fully saturated rings. The van der Waals surface area contributed by atoms with Gasteiger partial charge in [0.15, 0.2) is 0 Å². The molecule has 6 nitrogen and oxygen atoms in total. The minimum Gasteiger partial charge on any atom is -0.396 e. The summed E-state index contributed by atoms with van der Waals surface area (Å²) in [6, 6.07) is 9.02. The van der Waals surface area contributed by atoms with Crippen LogP contribution in [0.15, 0.2) is 30.3 Å². The van der Waals surface area contributed by atoms with E-state index in [1.807, 2.05) is 30.3 Å². The minimum absolute atomic E-state index is 0.00444. The number of amides is 2. The summed E-state index contributed by atoms with van der Waals surface area (Å²) in [6.07, 6.45) is 2.78. The van der Waals surface area contributed by atoms with Gasteiger partial charge in [0.25, 0.3) is 0 Å². The van der Waals surface area contributed by atoms with E-state index >= 15 is 0 Å². The van der Waals surface area contributed by atoms with Gasteiger partial charge in [0.1, 0.15) is 5.01 Å². The number of nitrogens with one attached hydrogen (secondary N) is 2. The highest BCUT2D eigenvalue weighted by molar-refractivity contribution is 7.15. The number of carbonyl (C=O) groups excluding carboxylic acids is 1. The molecule has 0 aliphatic heterocycles. The van der Waals surface area contributed by atoms with Crippen molar-refractivity contribution in [3.63, 3.8) is 0 Å². The van der Waals surface area contributed by atoms with E-state index in [4.69, 9.17) is 0 Å². The first-order valence-electron chi connectivity index (χ1n) is 7.33. The molecule has 0 bridgehead atoms. The number of hydrogen-bond acceptors (Lipinski definition) is 5. The van der Waals surface area contributed by atoms with Crippen molar-refractivity contribution in [1.29, 1.82) is 0 Å². The summed E-state index contributed by atoms with van der Waals surface area (Å²) in [5.74, 6) is 0.530. The fourth-order valence-corrected chi connectivity index (χ4v) is 3.12. The normalized spacial score (nSPS) is 15.3. The van der Waals surface area contributed by atoms with Gasteiger partial charge in [0.05, 0.1) is 6.04 Å². The second kappa shape index (κ2) is 6.85. The predicted octanol–water partition coefficient (Wildman–Crippen LogP) is 2.66. The van der Waals surface area contributed by atoms with Crippen LogP contribution >= 0.6 is 11.3 Å². The number of benzene rings is 1. The van der Waals surface area contributed by atoms with Gasteiger partial charge in [0, 0.05) is 12.5 Å². The summed E-state index contributed by atoms with van der Waals surface area (Å²) >= 11 is 1.42. The second-order valence-electron chi connectivity index (χ2n) is 5.29. The molecule has 3 rings (SSSR count). The first kappa shape index (κ1) is 14.9. The van der Waals surface area contributed by atoms with Crippen molar-refractivity contribution < 1.29 is 9.90 Å². The molecule has 1 aromatic heterocycles. The number of nitrogens with zero attached hydrogens (tertiary/aromatic N) is 2. The van der Waals surface area contributed by atoms with Crippen molar-refractivity contribution in [2.75, 3.05) is 11.9 Å². The molecule has 2 aromatic rings. The highest BCUT2D eigenvalue weighted by Crippen LogP contribution is 2.42. The molecule has 1 aromatic carbocycles. The van der Waals surface area contributed by atoms with Crippen LogP contribution in [0.5, 0.6) is 0 Å². The van der Waals surface area contributed by atoms with Crippen LogP contribution in [0.25, 0.3) is 0 Å². The zero-order valence-corrected chi connectivity index (χ0v) is 12.8. The van der Waals surface area contributed by atoms with Gasteiger partial charge in [-0.1, -0.05) is 41.7 Å². The number of rotatable bonds is 6. The van der Waals surface area contributed by atoms with Crippen molar-refractivity contribution in [1.82, 2.24) is 15.5 Å². The molecule has 3 N–H and O–H groups in total. The summed E-state index contributed by atoms with van der Waals surface area (Å²) < 4.78 is 0. The molecule has 2 amide bonds. The van der Waals surface area contributed by atoms with Gasteiger partial charge in [-0.2, -0.15) is 0 Å². The van der Waals surface area contributed by atoms with Crippen LogP contribution < -0.4 is 10.6 Å². The van der Waals surface area contributed by atoms with E-state index in [9.17, 15) is 9.90 Å². The molecule has 1 heterocycles. The molecule has 116 valence electrons. The van der Waals surface area contributed by atoms with Crippen molar-refractivity contribution in [3.05, 3.63) is 40.9 Å². The smallest absolute Gasteiger partial charge is 0.321 e. The Kier molecular flexibility index (Phi) is 4.65. The third-order valence-corrected chi connectivity index (χ3v) is 4.51. The SMILES string of the molecule is O=C(Nc1nnc(C2CC2)s1)N[C@H](CCO)c1ccccc1. The van der Waals surface area contributed by atoms with Crippen molar-refractivity contribution in [2.24, 2.45) is 0 Å². The topological polar surface area (TPSA) is 87.1 Å². The molecule has 0 saturated heterocycles. The Morgan fingerprint density at radius 1 is 1.32 bits per heavy atom. The number of aromatic nitrogens is 2. The fraction of sp³-hybridized carbons (Fsp3) is 0.400. The van der Waals surface area contributed by atoms with Crippen LogP contribution in [0.1, 0.15) is 41.8 Å². The van der Waals surface area contributed by atoms with E-state index in [0.29, 0.717) is 17.5 Å². The summed E-state index contributed by atoms with van der Waals surface area (Å²) in [5, 5.41) is 24.3. The van der Waals surface area contributed by atoms with E-state index in [0.717, 1.165) is 23.4 Å². The Hall–Kier alpha value is -1.99. The van der Waals surface area contributed by atoms with Crippen LogP contribution in [0, 0.1) is 0 Å². The Bertz CT molecular complexity index is 627. The molecule has 1 atom stereocenters. The van der Waals surface area contributed by atoms with E-state index in [1.54, 1.807) is 0 Å². The zero-order valence-electron chi connectivity index (χ0n) is 12.0. The van der Waals surface area contributed by atoms with E-state index in [-0.39, 0.29) is 18.7 Å². The molecule has 0 radical (unpaired) electrons. The van der Waals surface area contributed by atoms with Crippen LogP contribution in [0.2, 0.25) is 0 Å². The van der Waals surface area contributed by atoms with Gasteiger partial charge in [-0.05, 0) is 24.8 Å². The molecular formula is C15H18N4O2S. The maximum absolute atomic E-state index is 12.1. The second-order valence-corrected chi connectivity index (χ2v) is 6.30. The largest absolute Gasteiger partial charge is 0.396 e. The quantitative estimate of drug-likeness (QED) is 0.764. The van der Waals surface area contributed by atoms with Crippen LogP contribution in [-0.4, -0.2) is 27.9 Å². The molecule has 1 saturated carbocycles. The van der Waals surface area contributed by atoms with Crippen molar-refractivity contribution in [3.8, 4) is 0 Å². The molecular weight excluding hydrogens is 300 g/mol. The third-order valence-electron chi connectivity index (χ3n) is 3.51. The molecule has 7 heteroatoms. The first-order chi connectivity index (χ1) is 10.8. The van der Waals surface area contributed by atoms with Gasteiger partial charge in [-0.3, -0.25) is 5.32 Å². The maximum Gasteiger partial charge on any atom is 0.321 e. The molecule has 0 unspecified atom stereocenters. The third kappa shape index (κ3) is 3.80. The van der Waals surface area contributed by atoms with Gasteiger partial charge in [0.2, 0.25) is 5.13 Å². The summed E-state index contributed by atoms with van der Waals surface area (Å²) in [7, 11) is 0. The Morgan fingerprint density at radius 2 is 2.09 bits per heavy atom. The average molecular weight is 318 g/mol. The van der Waals surface area contributed by atoms with Gasteiger partial charge < -0.3 is 10.4 Å². The maximum atomic E-state index is 12.1. The fourth-order valence-electron chi connectivity index (χ4n) is 2.21. The van der Waals surface area contributed by atoms with E-state index in [2.05, 4.69) is 20.8 Å². The van der Waals surface area contributed by atoms with Gasteiger partial charge >= 0.3 is 6.03 Å². The lowest BCUT2D eigenvalue weighted by molar-refractivity contribution is 0.239. The summed E-state index contributed by atoms with van der Waals surface area (Å²) in [4.78, 5) is 12.1. The summed E-state index contributed by atoms with van der Waals surface area (Å²) in [6.45, 7) is 0.00444. The monoisotopic (exact) mass is 318 g/mol. The van der Waals surface area contributed by atoms with Crippen molar-refractivity contribution in [2.45, 2.75) is 31.2 Å². The predicted molar refractivity (Wildman–Crippen MR) is 84.9 cm³/mol. The van der Waals surface area contributed by atoms with Crippen molar-refractivity contribution >= 4 is 22.5 Å². The van der Waals surface area contributed by atoms with E-state index in [1.165, 1.54) is 11.3 Å². The number of aliphatic hydroxyl groups is 1. The van der Waals surface area contributed by atoms with Crippen LogP contribution in [0.3, 0.4) is 0 Å². The minimum atomic E-state index is -0.333. The highest BCUT2D eigenvalue weighted by Gasteiger charge is 2.27. The number of hydrogen-bond donors (Lipinski definition) is 3. The molecule has 0 spiro atoms. The van der Waals surface area contributed by atoms with E-state index < -0.39 is 0 Å². The van der Waals surface area contributed by atoms with Crippen LogP contribution in [-0.2, 0) is 0 Å². The van der Waals surface area contributed by atoms with Gasteiger partial charge in [-0.25, -0.2) is 4.79 Å². The van der Waals surface area contributed by atoms with Gasteiger partial charge in [-0.15, -0.1) is 10.2 Å². The molecule has 1 aliphatic carbocycles. The summed E-state index contributed by atoms with van der Waals surface area (Å²) in [5.41, 5.74) is 0.961. The number of anilines is 1. The lowest BCUT2D eigenvalue weighted by Gasteiger charge is -2.18. The number of aliphatic hydroxyl groups excluding tert-OH is 1.